The number of ether oxygens (including phenoxy) is 4. The van der Waals surface area contributed by atoms with E-state index in [0.717, 1.165) is 83.5 Å². The van der Waals surface area contributed by atoms with Gasteiger partial charge in [-0.15, -0.1) is 0 Å². The quantitative estimate of drug-likeness (QED) is 0.0340. The average Bonchev–Trinajstić information content (AvgIpc) is 3.39. The largest absolute Gasteiger partial charge is 0.462 e. The zero-order chi connectivity index (χ0) is 54.8. The summed E-state index contributed by atoms with van der Waals surface area (Å²) >= 11 is 0. The first-order valence-corrected chi connectivity index (χ1v) is 32.1. The molecule has 0 aromatic heterocycles. The van der Waals surface area contributed by atoms with E-state index in [9.17, 15) is 29.4 Å². The van der Waals surface area contributed by atoms with Gasteiger partial charge in [-0.3, -0.25) is 19.2 Å². The van der Waals surface area contributed by atoms with Crippen molar-refractivity contribution in [3.8, 4) is 0 Å². The Morgan fingerprint density at radius 2 is 0.707 bits per heavy atom. The van der Waals surface area contributed by atoms with Crippen LogP contribution >= 0.6 is 0 Å². The summed E-state index contributed by atoms with van der Waals surface area (Å²) in [6.45, 7) is 8.40. The maximum absolute atomic E-state index is 14.0. The molecule has 12 heteroatoms. The fourth-order valence-electron chi connectivity index (χ4n) is 10.7. The van der Waals surface area contributed by atoms with E-state index in [4.69, 9.17) is 18.9 Å². The summed E-state index contributed by atoms with van der Waals surface area (Å²) in [4.78, 5) is 54.6. The van der Waals surface area contributed by atoms with Gasteiger partial charge in [-0.05, 0) is 38.5 Å². The van der Waals surface area contributed by atoms with Crippen molar-refractivity contribution < 1.29 is 48.3 Å². The Hall–Kier alpha value is -2.28. The Labute approximate surface area is 460 Å². The molecular formula is C63H120N2O10. The number of carbonyl (C=O) groups excluding carboxylic acids is 4. The lowest BCUT2D eigenvalue weighted by molar-refractivity contribution is -0.241. The fraction of sp³-hybridized carbons (Fsp3) is 0.937. The summed E-state index contributed by atoms with van der Waals surface area (Å²) in [5.41, 5.74) is 0. The predicted octanol–water partition coefficient (Wildman–Crippen LogP) is 15.5. The van der Waals surface area contributed by atoms with Crippen molar-refractivity contribution in [3.63, 3.8) is 0 Å². The molecule has 0 unspecified atom stereocenters. The van der Waals surface area contributed by atoms with Gasteiger partial charge in [0, 0.05) is 20.0 Å². The molecular weight excluding hydrogens is 945 g/mol. The third-order valence-corrected chi connectivity index (χ3v) is 15.5. The minimum Gasteiger partial charge on any atom is -0.462 e. The van der Waals surface area contributed by atoms with Gasteiger partial charge in [0.1, 0.15) is 30.5 Å². The lowest BCUT2D eigenvalue weighted by Gasteiger charge is -2.44. The first-order chi connectivity index (χ1) is 36.6. The second-order valence-corrected chi connectivity index (χ2v) is 22.6. The molecule has 1 saturated heterocycles. The molecule has 75 heavy (non-hydrogen) atoms. The SMILES string of the molecule is CCCCCCCCCCCCCC(=O)O[C@H](CCCCCCCCCCC)CC(=O)N[C@H]1[C@H](OC)O[C@H](CO)[C@@H](O)[C@@H]1NC(=O)C[C@@H](CCCCCCCCCCC)OC(=O)CCCCCCCCCCCCC. The molecule has 0 aliphatic carbocycles. The molecule has 1 heterocycles. The monoisotopic (exact) mass is 1060 g/mol. The van der Waals surface area contributed by atoms with E-state index in [1.165, 1.54) is 180 Å². The van der Waals surface area contributed by atoms with Crippen LogP contribution < -0.4 is 10.6 Å². The van der Waals surface area contributed by atoms with Gasteiger partial charge in [0.15, 0.2) is 6.29 Å². The Morgan fingerprint density at radius 1 is 0.427 bits per heavy atom. The van der Waals surface area contributed by atoms with E-state index in [-0.39, 0.29) is 24.8 Å². The smallest absolute Gasteiger partial charge is 0.306 e. The second-order valence-electron chi connectivity index (χ2n) is 22.6. The molecule has 1 rings (SSSR count). The van der Waals surface area contributed by atoms with Crippen LogP contribution in [0.5, 0.6) is 0 Å². The van der Waals surface area contributed by atoms with Gasteiger partial charge in [0.25, 0.3) is 0 Å². The van der Waals surface area contributed by atoms with Crippen molar-refractivity contribution >= 4 is 23.8 Å². The lowest BCUT2D eigenvalue weighted by atomic mass is 9.93. The summed E-state index contributed by atoms with van der Waals surface area (Å²) < 4.78 is 23.7. The normalized spacial score (nSPS) is 18.4. The molecule has 0 aromatic rings. The Morgan fingerprint density at radius 3 is 1.00 bits per heavy atom. The minimum absolute atomic E-state index is 0.0932. The van der Waals surface area contributed by atoms with Crippen molar-refractivity contribution in [2.45, 2.75) is 366 Å². The highest BCUT2D eigenvalue weighted by atomic mass is 16.7. The van der Waals surface area contributed by atoms with Gasteiger partial charge >= 0.3 is 11.9 Å². The Kier molecular flexibility index (Phi) is 48.3. The van der Waals surface area contributed by atoms with Crippen molar-refractivity contribution in [2.24, 2.45) is 0 Å². The molecule has 442 valence electrons. The van der Waals surface area contributed by atoms with Crippen LogP contribution in [0.25, 0.3) is 0 Å². The minimum atomic E-state index is -1.39. The van der Waals surface area contributed by atoms with Gasteiger partial charge in [0.2, 0.25) is 11.8 Å². The van der Waals surface area contributed by atoms with Gasteiger partial charge in [-0.2, -0.15) is 0 Å². The third kappa shape index (κ3) is 39.7. The van der Waals surface area contributed by atoms with Gasteiger partial charge in [-0.1, -0.05) is 259 Å². The summed E-state index contributed by atoms with van der Waals surface area (Å²) in [5, 5.41) is 27.7. The number of rotatable bonds is 54. The van der Waals surface area contributed by atoms with Crippen molar-refractivity contribution in [3.05, 3.63) is 0 Å². The van der Waals surface area contributed by atoms with Crippen LogP contribution in [0.15, 0.2) is 0 Å². The summed E-state index contributed by atoms with van der Waals surface area (Å²) in [6.07, 6.45) is 43.4. The van der Waals surface area contributed by atoms with Crippen LogP contribution in [-0.4, -0.2) is 90.5 Å². The number of carbonyl (C=O) groups is 4. The van der Waals surface area contributed by atoms with Crippen LogP contribution in [-0.2, 0) is 38.1 Å². The van der Waals surface area contributed by atoms with E-state index in [0.29, 0.717) is 25.7 Å². The van der Waals surface area contributed by atoms with Crippen LogP contribution in [0.4, 0.5) is 0 Å². The second kappa shape index (κ2) is 51.2. The number of unbranched alkanes of at least 4 members (excludes halogenated alkanes) is 36. The molecule has 1 fully saturated rings. The summed E-state index contributed by atoms with van der Waals surface area (Å²) in [5.74, 6) is -1.47. The molecule has 7 atom stereocenters. The number of aliphatic hydroxyl groups excluding tert-OH is 2. The zero-order valence-corrected chi connectivity index (χ0v) is 49.4. The zero-order valence-electron chi connectivity index (χ0n) is 49.4. The third-order valence-electron chi connectivity index (χ3n) is 15.5. The molecule has 0 saturated carbocycles. The van der Waals surface area contributed by atoms with Crippen LogP contribution in [0.3, 0.4) is 0 Å². The molecule has 0 bridgehead atoms. The van der Waals surface area contributed by atoms with Crippen molar-refractivity contribution in [1.82, 2.24) is 10.6 Å². The highest BCUT2D eigenvalue weighted by Gasteiger charge is 2.47. The molecule has 2 amide bonds. The first-order valence-electron chi connectivity index (χ1n) is 32.1. The first kappa shape index (κ1) is 70.7. The van der Waals surface area contributed by atoms with E-state index in [1.807, 2.05) is 0 Å². The Balaban J connectivity index is 3.00. The molecule has 0 radical (unpaired) electrons. The van der Waals surface area contributed by atoms with E-state index in [2.05, 4.69) is 38.3 Å². The standard InChI is InChI=1S/C63H120N2O10/c1-6-10-14-18-22-26-28-32-36-40-44-48-58(69)73-53(46-42-38-34-30-24-20-16-12-8-3)50-56(67)64-60-61(63(72-5)75-55(52-66)62(60)71)65-57(68)51-54(47-43-39-35-31-25-21-17-13-9-4)74-59(70)49-45-41-37-33-29-27-23-19-15-11-7-2/h53-55,60-63,66,71H,6-52H2,1-5H3,(H,64,67)(H,65,68)/t53-,54-,55-,60-,61-,62-,63-/m1/s1. The molecule has 1 aliphatic heterocycles. The van der Waals surface area contributed by atoms with Gasteiger partial charge in [0.05, 0.1) is 25.5 Å². The maximum Gasteiger partial charge on any atom is 0.306 e. The van der Waals surface area contributed by atoms with Crippen LogP contribution in [0.1, 0.15) is 323 Å². The van der Waals surface area contributed by atoms with Crippen LogP contribution in [0, 0.1) is 0 Å². The van der Waals surface area contributed by atoms with E-state index >= 15 is 0 Å². The number of hydrogen-bond acceptors (Lipinski definition) is 10. The molecule has 0 spiro atoms. The molecule has 1 aliphatic rings. The lowest BCUT2D eigenvalue weighted by Crippen LogP contribution is -2.69. The molecule has 12 nitrogen and oxygen atoms in total. The van der Waals surface area contributed by atoms with Crippen molar-refractivity contribution in [1.29, 1.82) is 0 Å². The number of nitrogens with one attached hydrogen (secondary N) is 2. The Bertz CT molecular complexity index is 1340. The fourth-order valence-corrected chi connectivity index (χ4v) is 10.7. The van der Waals surface area contributed by atoms with Gasteiger partial charge < -0.3 is 39.8 Å². The summed E-state index contributed by atoms with van der Waals surface area (Å²) in [6, 6.07) is -2.14. The highest BCUT2D eigenvalue weighted by Crippen LogP contribution is 2.25. The predicted molar refractivity (Wildman–Crippen MR) is 307 cm³/mol. The topological polar surface area (TPSA) is 170 Å². The maximum atomic E-state index is 14.0. The number of aliphatic hydroxyl groups is 2. The van der Waals surface area contributed by atoms with Gasteiger partial charge in [-0.25, -0.2) is 0 Å². The van der Waals surface area contributed by atoms with Crippen molar-refractivity contribution in [2.75, 3.05) is 13.7 Å². The van der Waals surface area contributed by atoms with E-state index in [1.54, 1.807) is 0 Å². The molecule has 0 aromatic carbocycles. The van der Waals surface area contributed by atoms with E-state index < -0.39 is 61.2 Å². The number of amides is 2. The van der Waals surface area contributed by atoms with Crippen LogP contribution in [0.2, 0.25) is 0 Å². The number of esters is 2. The highest BCUT2D eigenvalue weighted by molar-refractivity contribution is 5.79. The average molecular weight is 1070 g/mol. The molecule has 4 N–H and O–H groups in total. The number of methoxy groups -OCH3 is 1. The summed E-state index contributed by atoms with van der Waals surface area (Å²) in [7, 11) is 1.41. The number of hydrogen-bond donors (Lipinski definition) is 4.